The molecule has 3 aliphatic heterocycles. The fourth-order valence-corrected chi connectivity index (χ4v) is 18.7. The molecule has 3 heterocycles. The predicted octanol–water partition coefficient (Wildman–Crippen LogP) is 10.3. The molecule has 61 heavy (non-hydrogen) atoms. The van der Waals surface area contributed by atoms with Gasteiger partial charge in [-0.25, -0.2) is 0 Å². The fourth-order valence-electron chi connectivity index (χ4n) is 7.92. The SMILES string of the molecule is BrC[P+](c1ccccc1)(c1ccccc1)c1ccccc1.C.CC(C)(C)N1CCC(=CBr)CC1.CC(C)(C)N1CCC(=O)CC1.CC(C)(C)N1CCC(=[CH][Sn]([CH3])([CH3])[CH3])CC1.[Br-]. The molecular weight excluding hydrogens is 1070 g/mol. The minimum Gasteiger partial charge on any atom is -1.00 e. The molecule has 0 bridgehead atoms. The van der Waals surface area contributed by atoms with E-state index in [1.54, 1.807) is 11.1 Å². The first-order valence-electron chi connectivity index (χ1n) is 22.0. The minimum absolute atomic E-state index is 0. The molecular formula is C52H83Br3N3OPSn. The van der Waals surface area contributed by atoms with Crippen molar-refractivity contribution in [2.24, 2.45) is 0 Å². The quantitative estimate of drug-likeness (QED) is 0.145. The summed E-state index contributed by atoms with van der Waals surface area (Å²) in [6.45, 7) is 27.3. The van der Waals surface area contributed by atoms with Crippen LogP contribution in [-0.2, 0) is 4.79 Å². The first-order valence-corrected chi connectivity index (χ1v) is 36.2. The first-order chi connectivity index (χ1) is 27.6. The summed E-state index contributed by atoms with van der Waals surface area (Å²) in [7, 11) is -1.62. The van der Waals surface area contributed by atoms with Gasteiger partial charge in [0, 0.05) is 50.1 Å². The molecule has 0 aromatic heterocycles. The normalized spacial score (nSPS) is 17.1. The monoisotopic (exact) mass is 1150 g/mol. The second kappa shape index (κ2) is 27.1. The van der Waals surface area contributed by atoms with Crippen LogP contribution in [-0.4, -0.2) is 99.8 Å². The van der Waals surface area contributed by atoms with Crippen molar-refractivity contribution < 1.29 is 21.8 Å². The van der Waals surface area contributed by atoms with Crippen molar-refractivity contribution in [2.75, 3.05) is 44.3 Å². The fraction of sp³-hybridized carbons (Fsp3) is 0.558. The van der Waals surface area contributed by atoms with Crippen molar-refractivity contribution in [3.63, 3.8) is 0 Å². The summed E-state index contributed by atoms with van der Waals surface area (Å²) in [5.41, 5.74) is 4.24. The van der Waals surface area contributed by atoms with E-state index in [2.05, 4.69) is 224 Å². The number of piperidine rings is 3. The van der Waals surface area contributed by atoms with Crippen molar-refractivity contribution in [1.82, 2.24) is 14.7 Å². The molecule has 0 atom stereocenters. The molecule has 3 fully saturated rings. The third-order valence-corrected chi connectivity index (χ3v) is 22.0. The Morgan fingerprint density at radius 1 is 0.541 bits per heavy atom. The smallest absolute Gasteiger partial charge is 1.00 e. The number of likely N-dealkylation sites (tertiary alicyclic amines) is 3. The van der Waals surface area contributed by atoms with Gasteiger partial charge in [0.1, 0.15) is 34.0 Å². The molecule has 3 aliphatic rings. The number of carbonyl (C=O) groups excluding carboxylic acids is 1. The number of hydrogen-bond donors (Lipinski definition) is 0. The summed E-state index contributed by atoms with van der Waals surface area (Å²) in [4.78, 5) is 28.0. The first kappa shape index (κ1) is 58.4. The molecule has 4 nitrogen and oxygen atoms in total. The number of halogens is 3. The van der Waals surface area contributed by atoms with Gasteiger partial charge in [-0.3, -0.25) is 14.6 Å². The summed E-state index contributed by atoms with van der Waals surface area (Å²) in [6, 6.07) is 32.6. The Morgan fingerprint density at radius 2 is 0.820 bits per heavy atom. The topological polar surface area (TPSA) is 26.8 Å². The summed E-state index contributed by atoms with van der Waals surface area (Å²) in [5.74, 6) is 0.422. The average molecular weight is 1160 g/mol. The van der Waals surface area contributed by atoms with Gasteiger partial charge in [0.25, 0.3) is 0 Å². The number of hydrogen-bond acceptors (Lipinski definition) is 4. The Hall–Kier alpha value is -0.641. The number of benzene rings is 3. The van der Waals surface area contributed by atoms with E-state index in [1.807, 2.05) is 0 Å². The maximum atomic E-state index is 10.9. The largest absolute Gasteiger partial charge is 1.00 e. The van der Waals surface area contributed by atoms with E-state index in [0.717, 1.165) is 31.0 Å². The zero-order chi connectivity index (χ0) is 43.9. The second-order valence-corrected chi connectivity index (χ2v) is 40.1. The van der Waals surface area contributed by atoms with Gasteiger partial charge in [0.15, 0.2) is 0 Å². The molecule has 3 saturated heterocycles. The van der Waals surface area contributed by atoms with E-state index in [1.165, 1.54) is 67.8 Å². The zero-order valence-corrected chi connectivity index (χ0v) is 47.8. The van der Waals surface area contributed by atoms with E-state index < -0.39 is 25.6 Å². The molecule has 9 heteroatoms. The summed E-state index contributed by atoms with van der Waals surface area (Å²) < 4.78 is 2.68. The van der Waals surface area contributed by atoms with Gasteiger partial charge in [-0.2, -0.15) is 0 Å². The van der Waals surface area contributed by atoms with E-state index in [-0.39, 0.29) is 29.9 Å². The number of nitrogens with zero attached hydrogens (tertiary/aromatic N) is 3. The number of ketones is 1. The van der Waals surface area contributed by atoms with Gasteiger partial charge in [-0.05, 0) is 112 Å². The van der Waals surface area contributed by atoms with Crippen molar-refractivity contribution in [2.45, 2.75) is 140 Å². The predicted molar refractivity (Wildman–Crippen MR) is 281 cm³/mol. The standard InChI is InChI=1S/C19H17BrP.C10H18BrN.C10H18N.C9H17NO.CH4.3CH3.BrH.Sn/c20-16-21(17-10-4-1-5-11-17,18-12-6-2-7-13-18)19-14-8-3-9-15-19;1-10(2,3)12-6-4-9(8-11)5-7-12;1-9-5-7-11(8-6-9)10(2,3)4;1-9(2,3)10-6-4-8(11)5-7-10;;;;;;/h1-15H,16H2;8H,4-7H2,1-3H3;1H,5-8H2,2-4H3;4-7H2,1-3H3;1H4;3*1H3;1H;/q+1;;;;;;;;;/p-1. The molecule has 0 spiro atoms. The molecule has 6 rings (SSSR count). The van der Waals surface area contributed by atoms with Crippen LogP contribution < -0.4 is 32.9 Å². The maximum Gasteiger partial charge on any atom is -1.00 e. The van der Waals surface area contributed by atoms with Gasteiger partial charge in [-0.1, -0.05) is 83.5 Å². The number of carbonyl (C=O) groups is 1. The Morgan fingerprint density at radius 3 is 1.07 bits per heavy atom. The van der Waals surface area contributed by atoms with Crippen LogP contribution in [0, 0.1) is 0 Å². The van der Waals surface area contributed by atoms with Crippen molar-refractivity contribution in [1.29, 1.82) is 0 Å². The van der Waals surface area contributed by atoms with Crippen LogP contribution in [0.15, 0.2) is 111 Å². The van der Waals surface area contributed by atoms with Gasteiger partial charge >= 0.3 is 100 Å². The molecule has 342 valence electrons. The van der Waals surface area contributed by atoms with Gasteiger partial charge in [0.05, 0.1) is 0 Å². The van der Waals surface area contributed by atoms with E-state index >= 15 is 0 Å². The Balaban J connectivity index is 0.000000417. The van der Waals surface area contributed by atoms with Crippen molar-refractivity contribution in [3.05, 3.63) is 111 Å². The molecule has 0 aliphatic carbocycles. The zero-order valence-electron chi connectivity index (χ0n) is 39.3. The van der Waals surface area contributed by atoms with Crippen LogP contribution >= 0.6 is 39.1 Å². The Bertz CT molecular complexity index is 1620. The van der Waals surface area contributed by atoms with Gasteiger partial charge in [0.2, 0.25) is 0 Å². The Kier molecular flexibility index (Phi) is 25.9. The van der Waals surface area contributed by atoms with E-state index in [4.69, 9.17) is 0 Å². The van der Waals surface area contributed by atoms with Crippen LogP contribution in [0.2, 0.25) is 14.8 Å². The number of Topliss-reactive ketones (excluding diaryl/α,β-unsaturated/α-hetero) is 1. The molecule has 3 aromatic rings. The maximum absolute atomic E-state index is 10.9. The third-order valence-electron chi connectivity index (χ3n) is 11.5. The second-order valence-electron chi connectivity index (χ2n) is 20.4. The molecule has 0 radical (unpaired) electrons. The van der Waals surface area contributed by atoms with Crippen LogP contribution in [0.1, 0.15) is 108 Å². The molecule has 0 saturated carbocycles. The minimum atomic E-state index is -1.68. The van der Waals surface area contributed by atoms with Crippen molar-refractivity contribution >= 4 is 79.2 Å². The van der Waals surface area contributed by atoms with E-state index in [9.17, 15) is 4.79 Å². The Labute approximate surface area is 407 Å². The van der Waals surface area contributed by atoms with Gasteiger partial charge in [-0.15, -0.1) is 0 Å². The average Bonchev–Trinajstić information content (AvgIpc) is 3.19. The summed E-state index contributed by atoms with van der Waals surface area (Å²) >= 11 is 5.55. The summed E-state index contributed by atoms with van der Waals surface area (Å²) in [5, 5.41) is 5.20. The van der Waals surface area contributed by atoms with Crippen molar-refractivity contribution in [3.8, 4) is 0 Å². The third kappa shape index (κ3) is 19.8. The summed E-state index contributed by atoms with van der Waals surface area (Å²) in [6.07, 6.45) is 6.57. The van der Waals surface area contributed by atoms with Crippen LogP contribution in [0.5, 0.6) is 0 Å². The van der Waals surface area contributed by atoms with Crippen LogP contribution in [0.25, 0.3) is 0 Å². The van der Waals surface area contributed by atoms with Crippen LogP contribution in [0.3, 0.4) is 0 Å². The molecule has 0 N–H and O–H groups in total. The molecule has 3 aromatic carbocycles. The molecule has 0 unspecified atom stereocenters. The van der Waals surface area contributed by atoms with E-state index in [0.29, 0.717) is 16.9 Å². The molecule has 0 amide bonds. The number of alkyl halides is 1. The van der Waals surface area contributed by atoms with Gasteiger partial charge < -0.3 is 17.0 Å². The number of rotatable bonds is 5. The van der Waals surface area contributed by atoms with Crippen LogP contribution in [0.4, 0.5) is 0 Å².